The summed E-state index contributed by atoms with van der Waals surface area (Å²) in [5.74, 6) is 0.549. The fourth-order valence-corrected chi connectivity index (χ4v) is 2.15. The van der Waals surface area contributed by atoms with Gasteiger partial charge >= 0.3 is 0 Å². The third-order valence-corrected chi connectivity index (χ3v) is 3.21. The molecule has 1 heterocycles. The van der Waals surface area contributed by atoms with E-state index in [1.165, 1.54) is 0 Å². The van der Waals surface area contributed by atoms with Crippen molar-refractivity contribution in [1.29, 1.82) is 0 Å². The highest BCUT2D eigenvalue weighted by Crippen LogP contribution is 2.15. The van der Waals surface area contributed by atoms with E-state index in [9.17, 15) is 0 Å². The quantitative estimate of drug-likeness (QED) is 0.915. The summed E-state index contributed by atoms with van der Waals surface area (Å²) in [6.07, 6.45) is 0.938. The van der Waals surface area contributed by atoms with E-state index in [1.807, 2.05) is 28.9 Å². The first-order valence-corrected chi connectivity index (χ1v) is 6.83. The molecular weight excluding hydrogens is 260 g/mol. The summed E-state index contributed by atoms with van der Waals surface area (Å²) in [6.45, 7) is 5.49. The van der Waals surface area contributed by atoms with Crippen molar-refractivity contribution in [3.05, 3.63) is 46.2 Å². The van der Waals surface area contributed by atoms with Gasteiger partial charge < -0.3 is 5.73 Å². The van der Waals surface area contributed by atoms with Gasteiger partial charge in [0.1, 0.15) is 0 Å². The number of nitrogens with zero attached hydrogens (tertiary/aromatic N) is 3. The van der Waals surface area contributed by atoms with E-state index in [2.05, 4.69) is 24.2 Å². The standard InChI is InChI=1S/C14H19ClN4/c1-10(2)7-14-13(8-16)17-18-19(14)9-11-3-5-12(15)6-4-11/h3-6,10H,7-9,16H2,1-2H3. The van der Waals surface area contributed by atoms with Crippen molar-refractivity contribution in [2.45, 2.75) is 33.4 Å². The smallest absolute Gasteiger partial charge is 0.0994 e. The van der Waals surface area contributed by atoms with Crippen molar-refractivity contribution in [2.24, 2.45) is 11.7 Å². The second-order valence-corrected chi connectivity index (χ2v) is 5.51. The summed E-state index contributed by atoms with van der Waals surface area (Å²) >= 11 is 5.89. The molecule has 0 atom stereocenters. The molecule has 0 aliphatic heterocycles. The van der Waals surface area contributed by atoms with Gasteiger partial charge in [0.25, 0.3) is 0 Å². The van der Waals surface area contributed by atoms with Crippen LogP contribution < -0.4 is 5.73 Å². The zero-order valence-electron chi connectivity index (χ0n) is 11.3. The third-order valence-electron chi connectivity index (χ3n) is 2.96. The van der Waals surface area contributed by atoms with Crippen LogP contribution in [-0.2, 0) is 19.5 Å². The summed E-state index contributed by atoms with van der Waals surface area (Å²) in [5.41, 5.74) is 8.90. The van der Waals surface area contributed by atoms with E-state index >= 15 is 0 Å². The van der Waals surface area contributed by atoms with Gasteiger partial charge in [-0.25, -0.2) is 4.68 Å². The van der Waals surface area contributed by atoms with Gasteiger partial charge in [-0.1, -0.05) is 42.8 Å². The van der Waals surface area contributed by atoms with Crippen molar-refractivity contribution in [3.63, 3.8) is 0 Å². The molecule has 1 aromatic heterocycles. The lowest BCUT2D eigenvalue weighted by Gasteiger charge is -2.10. The van der Waals surface area contributed by atoms with Crippen LogP contribution in [0.5, 0.6) is 0 Å². The topological polar surface area (TPSA) is 56.7 Å². The van der Waals surface area contributed by atoms with Gasteiger partial charge in [-0.15, -0.1) is 5.10 Å². The predicted molar refractivity (Wildman–Crippen MR) is 77.0 cm³/mol. The number of hydrogen-bond donors (Lipinski definition) is 1. The minimum atomic E-state index is 0.433. The van der Waals surface area contributed by atoms with E-state index in [4.69, 9.17) is 17.3 Å². The Kier molecular flexibility index (Phi) is 4.56. The van der Waals surface area contributed by atoms with Crippen LogP contribution in [0.3, 0.4) is 0 Å². The van der Waals surface area contributed by atoms with Gasteiger partial charge in [-0.3, -0.25) is 0 Å². The van der Waals surface area contributed by atoms with Gasteiger partial charge in [0.05, 0.1) is 17.9 Å². The van der Waals surface area contributed by atoms with E-state index in [0.717, 1.165) is 28.4 Å². The predicted octanol–water partition coefficient (Wildman–Crippen LogP) is 2.64. The molecule has 0 saturated heterocycles. The highest BCUT2D eigenvalue weighted by atomic mass is 35.5. The molecule has 2 aromatic rings. The summed E-state index contributed by atoms with van der Waals surface area (Å²) < 4.78 is 1.94. The maximum atomic E-state index is 5.89. The first-order chi connectivity index (χ1) is 9.10. The molecule has 1 aromatic carbocycles. The molecule has 19 heavy (non-hydrogen) atoms. The van der Waals surface area contributed by atoms with Crippen LogP contribution in [0.4, 0.5) is 0 Å². The van der Waals surface area contributed by atoms with Crippen molar-refractivity contribution in [3.8, 4) is 0 Å². The lowest BCUT2D eigenvalue weighted by molar-refractivity contribution is 0.563. The van der Waals surface area contributed by atoms with Crippen LogP contribution >= 0.6 is 11.6 Å². The van der Waals surface area contributed by atoms with Crippen LogP contribution in [0.1, 0.15) is 30.8 Å². The molecule has 5 heteroatoms. The Morgan fingerprint density at radius 1 is 1.26 bits per heavy atom. The van der Waals surface area contributed by atoms with Crippen LogP contribution in [0, 0.1) is 5.92 Å². The number of rotatable bonds is 5. The second kappa shape index (κ2) is 6.17. The molecule has 0 spiro atoms. The molecule has 0 saturated carbocycles. The van der Waals surface area contributed by atoms with Gasteiger partial charge in [0.2, 0.25) is 0 Å². The zero-order valence-corrected chi connectivity index (χ0v) is 12.1. The second-order valence-electron chi connectivity index (χ2n) is 5.07. The molecule has 0 radical (unpaired) electrons. The molecule has 0 aliphatic carbocycles. The maximum absolute atomic E-state index is 5.89. The SMILES string of the molecule is CC(C)Cc1c(CN)nnn1Cc1ccc(Cl)cc1. The van der Waals surface area contributed by atoms with E-state index in [1.54, 1.807) is 0 Å². The zero-order chi connectivity index (χ0) is 13.8. The Bertz CT molecular complexity index is 531. The molecule has 2 rings (SSSR count). The molecule has 102 valence electrons. The normalized spacial score (nSPS) is 11.2. The molecule has 0 unspecified atom stereocenters. The van der Waals surface area contributed by atoms with E-state index in [0.29, 0.717) is 19.0 Å². The Balaban J connectivity index is 2.24. The molecule has 0 amide bonds. The lowest BCUT2D eigenvalue weighted by atomic mass is 10.1. The summed E-state index contributed by atoms with van der Waals surface area (Å²) in [5, 5.41) is 9.12. The van der Waals surface area contributed by atoms with E-state index in [-0.39, 0.29) is 0 Å². The van der Waals surface area contributed by atoms with Crippen molar-refractivity contribution < 1.29 is 0 Å². The van der Waals surface area contributed by atoms with Crippen molar-refractivity contribution in [2.75, 3.05) is 0 Å². The third kappa shape index (κ3) is 3.55. The lowest BCUT2D eigenvalue weighted by Crippen LogP contribution is -2.11. The first-order valence-electron chi connectivity index (χ1n) is 6.46. The average molecular weight is 279 g/mol. The molecule has 2 N–H and O–H groups in total. The van der Waals surface area contributed by atoms with Gasteiger partial charge in [0, 0.05) is 11.6 Å². The molecular formula is C14H19ClN4. The number of benzene rings is 1. The summed E-state index contributed by atoms with van der Waals surface area (Å²) in [4.78, 5) is 0. The van der Waals surface area contributed by atoms with Crippen LogP contribution in [0.2, 0.25) is 5.02 Å². The van der Waals surface area contributed by atoms with Crippen LogP contribution in [-0.4, -0.2) is 15.0 Å². The number of nitrogens with two attached hydrogens (primary N) is 1. The number of aromatic nitrogens is 3. The highest BCUT2D eigenvalue weighted by Gasteiger charge is 2.13. The van der Waals surface area contributed by atoms with Crippen molar-refractivity contribution >= 4 is 11.6 Å². The average Bonchev–Trinajstić information content (AvgIpc) is 2.74. The molecule has 0 bridgehead atoms. The minimum Gasteiger partial charge on any atom is -0.325 e. The van der Waals surface area contributed by atoms with Gasteiger partial charge in [-0.2, -0.15) is 0 Å². The number of halogens is 1. The Labute approximate surface area is 118 Å². The molecule has 4 nitrogen and oxygen atoms in total. The van der Waals surface area contributed by atoms with Gasteiger partial charge in [-0.05, 0) is 30.0 Å². The maximum Gasteiger partial charge on any atom is 0.0994 e. The fraction of sp³-hybridized carbons (Fsp3) is 0.429. The Morgan fingerprint density at radius 3 is 2.53 bits per heavy atom. The van der Waals surface area contributed by atoms with Crippen LogP contribution in [0.25, 0.3) is 0 Å². The fourth-order valence-electron chi connectivity index (χ4n) is 2.03. The first kappa shape index (κ1) is 14.0. The number of hydrogen-bond acceptors (Lipinski definition) is 3. The summed E-state index contributed by atoms with van der Waals surface area (Å²) in [7, 11) is 0. The van der Waals surface area contributed by atoms with Crippen LogP contribution in [0.15, 0.2) is 24.3 Å². The van der Waals surface area contributed by atoms with E-state index < -0.39 is 0 Å². The molecule has 0 fully saturated rings. The Hall–Kier alpha value is -1.39. The highest BCUT2D eigenvalue weighted by molar-refractivity contribution is 6.30. The van der Waals surface area contributed by atoms with Gasteiger partial charge in [0.15, 0.2) is 0 Å². The molecule has 0 aliphatic rings. The monoisotopic (exact) mass is 278 g/mol. The van der Waals surface area contributed by atoms with Crippen molar-refractivity contribution in [1.82, 2.24) is 15.0 Å². The summed E-state index contributed by atoms with van der Waals surface area (Å²) in [6, 6.07) is 7.79. The minimum absolute atomic E-state index is 0.433. The largest absolute Gasteiger partial charge is 0.325 e. The Morgan fingerprint density at radius 2 is 1.95 bits per heavy atom.